The van der Waals surface area contributed by atoms with Gasteiger partial charge in [0.25, 0.3) is 0 Å². The number of hydrogen-bond acceptors (Lipinski definition) is 6. The minimum Gasteiger partial charge on any atom is -0.385 e. The van der Waals surface area contributed by atoms with Crippen LogP contribution in [0.3, 0.4) is 0 Å². The molecule has 0 unspecified atom stereocenters. The van der Waals surface area contributed by atoms with E-state index in [0.29, 0.717) is 0 Å². The number of rotatable bonds is 4. The maximum Gasteiger partial charge on any atom is 0.128 e. The van der Waals surface area contributed by atoms with Crippen molar-refractivity contribution in [2.75, 3.05) is 43.6 Å². The highest BCUT2D eigenvalue weighted by atomic mass is 79.9. The molecular weight excluding hydrogens is 382 g/mol. The molecule has 0 radical (unpaired) electrons. The third-order valence-electron chi connectivity index (χ3n) is 4.22. The summed E-state index contributed by atoms with van der Waals surface area (Å²) >= 11 is 3.52. The molecule has 1 aliphatic rings. The molecule has 0 aromatic carbocycles. The summed E-state index contributed by atoms with van der Waals surface area (Å²) in [5.74, 6) is 0.982. The Morgan fingerprint density at radius 1 is 1.24 bits per heavy atom. The molecule has 1 saturated heterocycles. The number of hydrogen-bond donors (Lipinski definition) is 1. The van der Waals surface area contributed by atoms with Crippen molar-refractivity contribution in [1.29, 1.82) is 0 Å². The van der Waals surface area contributed by atoms with Gasteiger partial charge in [-0.1, -0.05) is 0 Å². The highest BCUT2D eigenvalue weighted by molar-refractivity contribution is 9.10. The van der Waals surface area contributed by atoms with Crippen molar-refractivity contribution in [3.63, 3.8) is 0 Å². The van der Waals surface area contributed by atoms with E-state index in [4.69, 9.17) is 9.73 Å². The van der Waals surface area contributed by atoms with Gasteiger partial charge in [-0.2, -0.15) is 0 Å². The number of ether oxygens (including phenoxy) is 1. The van der Waals surface area contributed by atoms with Gasteiger partial charge < -0.3 is 15.0 Å². The summed E-state index contributed by atoms with van der Waals surface area (Å²) < 4.78 is 6.28. The van der Waals surface area contributed by atoms with E-state index in [1.165, 1.54) is 0 Å². The first kappa shape index (κ1) is 17.8. The Bertz CT molecular complexity index is 770. The summed E-state index contributed by atoms with van der Waals surface area (Å²) in [4.78, 5) is 16.0. The lowest BCUT2D eigenvalue weighted by atomic mass is 10.2. The van der Waals surface area contributed by atoms with E-state index in [9.17, 15) is 0 Å². The molecule has 0 saturated carbocycles. The van der Waals surface area contributed by atoms with Gasteiger partial charge in [-0.05, 0) is 41.9 Å². The summed E-state index contributed by atoms with van der Waals surface area (Å²) in [6, 6.07) is 4.11. The van der Waals surface area contributed by atoms with Crippen molar-refractivity contribution >= 4 is 38.8 Å². The van der Waals surface area contributed by atoms with Crippen molar-refractivity contribution in [3.05, 3.63) is 40.3 Å². The molecule has 1 N–H and O–H groups in total. The van der Waals surface area contributed by atoms with Crippen LogP contribution in [0.25, 0.3) is 0 Å². The highest BCUT2D eigenvalue weighted by Crippen LogP contribution is 2.34. The standard InChI is InChI=1S/C18H22BrN5O/c1-12(23-17-13(2)21-11-15(19)18(17)20-3)14-4-5-16(22-10-14)24-6-8-25-9-7-24/h4-5,10-11H,6-9H2,1-3H3,(H,20,21). The molecule has 0 amide bonds. The largest absolute Gasteiger partial charge is 0.385 e. The molecule has 1 aliphatic heterocycles. The maximum atomic E-state index is 5.39. The van der Waals surface area contributed by atoms with Gasteiger partial charge in [0.05, 0.1) is 29.1 Å². The zero-order valence-electron chi connectivity index (χ0n) is 14.7. The van der Waals surface area contributed by atoms with Gasteiger partial charge in [0, 0.05) is 43.8 Å². The molecule has 25 heavy (non-hydrogen) atoms. The Morgan fingerprint density at radius 2 is 2.00 bits per heavy atom. The van der Waals surface area contributed by atoms with E-state index in [1.54, 1.807) is 6.20 Å². The fraction of sp³-hybridized carbons (Fsp3) is 0.389. The number of nitrogens with zero attached hydrogens (tertiary/aromatic N) is 4. The molecule has 2 aromatic heterocycles. The van der Waals surface area contributed by atoms with Crippen LogP contribution in [0.15, 0.2) is 34.0 Å². The van der Waals surface area contributed by atoms with E-state index >= 15 is 0 Å². The van der Waals surface area contributed by atoms with Crippen LogP contribution in [-0.2, 0) is 4.74 Å². The number of morpholine rings is 1. The van der Waals surface area contributed by atoms with Crippen molar-refractivity contribution in [1.82, 2.24) is 9.97 Å². The molecule has 0 spiro atoms. The van der Waals surface area contributed by atoms with Crippen LogP contribution >= 0.6 is 15.9 Å². The van der Waals surface area contributed by atoms with Crippen LogP contribution in [0, 0.1) is 6.92 Å². The van der Waals surface area contributed by atoms with Crippen LogP contribution < -0.4 is 10.2 Å². The van der Waals surface area contributed by atoms with Crippen molar-refractivity contribution in [2.24, 2.45) is 4.99 Å². The number of pyridine rings is 2. The molecule has 6 nitrogen and oxygen atoms in total. The number of halogens is 1. The second-order valence-electron chi connectivity index (χ2n) is 5.87. The van der Waals surface area contributed by atoms with E-state index in [1.807, 2.05) is 33.2 Å². The predicted octanol–water partition coefficient (Wildman–Crippen LogP) is 3.57. The fourth-order valence-electron chi connectivity index (χ4n) is 2.76. The van der Waals surface area contributed by atoms with Crippen molar-refractivity contribution in [3.8, 4) is 0 Å². The average molecular weight is 404 g/mol. The lowest BCUT2D eigenvalue weighted by molar-refractivity contribution is 0.122. The molecule has 2 aromatic rings. The molecule has 132 valence electrons. The summed E-state index contributed by atoms with van der Waals surface area (Å²) in [6.07, 6.45) is 3.66. The van der Waals surface area contributed by atoms with Crippen LogP contribution in [0.2, 0.25) is 0 Å². The molecular formula is C18H22BrN5O. The Labute approximate surface area is 156 Å². The molecule has 3 rings (SSSR count). The van der Waals surface area contributed by atoms with Crippen molar-refractivity contribution in [2.45, 2.75) is 13.8 Å². The lowest BCUT2D eigenvalue weighted by Crippen LogP contribution is -2.36. The zero-order valence-corrected chi connectivity index (χ0v) is 16.3. The average Bonchev–Trinajstić information content (AvgIpc) is 2.66. The number of aryl methyl sites for hydroxylation is 1. The van der Waals surface area contributed by atoms with Crippen LogP contribution in [0.5, 0.6) is 0 Å². The lowest BCUT2D eigenvalue weighted by Gasteiger charge is -2.27. The summed E-state index contributed by atoms with van der Waals surface area (Å²) in [7, 11) is 1.88. The first-order valence-electron chi connectivity index (χ1n) is 8.27. The van der Waals surface area contributed by atoms with Gasteiger partial charge in [0.15, 0.2) is 0 Å². The molecule has 0 atom stereocenters. The van der Waals surface area contributed by atoms with Gasteiger partial charge in [0.2, 0.25) is 0 Å². The van der Waals surface area contributed by atoms with Crippen LogP contribution in [0.1, 0.15) is 18.2 Å². The van der Waals surface area contributed by atoms with Gasteiger partial charge in [-0.3, -0.25) is 4.98 Å². The van der Waals surface area contributed by atoms with E-state index in [-0.39, 0.29) is 0 Å². The Morgan fingerprint density at radius 3 is 2.64 bits per heavy atom. The smallest absolute Gasteiger partial charge is 0.128 e. The third kappa shape index (κ3) is 3.99. The number of anilines is 2. The first-order valence-corrected chi connectivity index (χ1v) is 9.06. The molecule has 0 bridgehead atoms. The fourth-order valence-corrected chi connectivity index (χ4v) is 3.25. The van der Waals surface area contributed by atoms with Crippen LogP contribution in [-0.4, -0.2) is 49.0 Å². The Hall–Kier alpha value is -1.99. The topological polar surface area (TPSA) is 62.6 Å². The third-order valence-corrected chi connectivity index (χ3v) is 4.82. The van der Waals surface area contributed by atoms with Crippen molar-refractivity contribution < 1.29 is 4.74 Å². The molecule has 1 fully saturated rings. The molecule has 3 heterocycles. The molecule has 0 aliphatic carbocycles. The summed E-state index contributed by atoms with van der Waals surface area (Å²) in [5.41, 5.74) is 4.56. The Balaban J connectivity index is 1.87. The van der Waals surface area contributed by atoms with Gasteiger partial charge >= 0.3 is 0 Å². The van der Waals surface area contributed by atoms with Gasteiger partial charge in [-0.25, -0.2) is 9.98 Å². The van der Waals surface area contributed by atoms with E-state index < -0.39 is 0 Å². The minimum absolute atomic E-state index is 0.756. The van der Waals surface area contributed by atoms with Crippen LogP contribution in [0.4, 0.5) is 17.2 Å². The number of nitrogens with one attached hydrogen (secondary N) is 1. The number of aromatic nitrogens is 2. The predicted molar refractivity (Wildman–Crippen MR) is 105 cm³/mol. The summed E-state index contributed by atoms with van der Waals surface area (Å²) in [5, 5.41) is 3.19. The maximum absolute atomic E-state index is 5.39. The zero-order chi connectivity index (χ0) is 17.8. The monoisotopic (exact) mass is 403 g/mol. The highest BCUT2D eigenvalue weighted by Gasteiger charge is 2.13. The number of aliphatic imine (C=N–C) groups is 1. The quantitative estimate of drug-likeness (QED) is 0.790. The molecule has 7 heteroatoms. The minimum atomic E-state index is 0.756. The first-order chi connectivity index (χ1) is 12.1. The normalized spacial score (nSPS) is 15.4. The second kappa shape index (κ2) is 7.93. The second-order valence-corrected chi connectivity index (χ2v) is 6.72. The Kier molecular flexibility index (Phi) is 5.65. The SMILES string of the molecule is CNc1c(Br)cnc(C)c1N=C(C)c1ccc(N2CCOCC2)nc1. The van der Waals surface area contributed by atoms with E-state index in [0.717, 1.165) is 64.9 Å². The van der Waals surface area contributed by atoms with Gasteiger partial charge in [-0.15, -0.1) is 0 Å². The summed E-state index contributed by atoms with van der Waals surface area (Å²) in [6.45, 7) is 7.23. The van der Waals surface area contributed by atoms with E-state index in [2.05, 4.69) is 42.2 Å². The van der Waals surface area contributed by atoms with Gasteiger partial charge in [0.1, 0.15) is 11.5 Å².